The van der Waals surface area contributed by atoms with Gasteiger partial charge in [-0.2, -0.15) is 0 Å². The van der Waals surface area contributed by atoms with Crippen molar-refractivity contribution in [3.63, 3.8) is 0 Å². The maximum absolute atomic E-state index is 15.3. The van der Waals surface area contributed by atoms with E-state index in [2.05, 4.69) is 22.2 Å². The molecule has 4 aromatic rings. The number of carbonyl (C=O) groups excluding carboxylic acids is 6. The van der Waals surface area contributed by atoms with Crippen molar-refractivity contribution in [2.24, 2.45) is 11.8 Å². The molecular formula is C48H53FN8O7S4. The van der Waals surface area contributed by atoms with Gasteiger partial charge in [-0.05, 0) is 100 Å². The zero-order chi connectivity index (χ0) is 48.2. The van der Waals surface area contributed by atoms with Gasteiger partial charge in [0.1, 0.15) is 11.6 Å². The number of benzene rings is 2. The molecule has 4 fully saturated rings. The minimum Gasteiger partial charge on any atom is -0.496 e. The van der Waals surface area contributed by atoms with Gasteiger partial charge < -0.3 is 35.0 Å². The molecule has 2 saturated carbocycles. The smallest absolute Gasteiger partial charge is 0.257 e. The van der Waals surface area contributed by atoms with Gasteiger partial charge in [0, 0.05) is 85.1 Å². The van der Waals surface area contributed by atoms with Crippen LogP contribution in [-0.4, -0.2) is 124 Å². The average molecular weight is 1000 g/mol. The summed E-state index contributed by atoms with van der Waals surface area (Å²) in [5, 5.41) is 6.64. The van der Waals surface area contributed by atoms with Gasteiger partial charge in [-0.3, -0.25) is 28.8 Å². The van der Waals surface area contributed by atoms with Gasteiger partial charge in [0.2, 0.25) is 23.6 Å². The largest absolute Gasteiger partial charge is 0.496 e. The van der Waals surface area contributed by atoms with Crippen molar-refractivity contribution in [3.05, 3.63) is 83.0 Å². The van der Waals surface area contributed by atoms with Crippen LogP contribution in [0.4, 0.5) is 14.7 Å². The topological polar surface area (TPSA) is 174 Å². The van der Waals surface area contributed by atoms with Gasteiger partial charge in [0.25, 0.3) is 11.8 Å². The van der Waals surface area contributed by atoms with E-state index in [9.17, 15) is 28.8 Å². The highest BCUT2D eigenvalue weighted by Gasteiger charge is 2.32. The number of nitrogens with zero attached hydrogens (tertiary/aromatic N) is 6. The number of methoxy groups -OCH3 is 1. The van der Waals surface area contributed by atoms with Crippen molar-refractivity contribution >= 4 is 98.0 Å². The number of rotatable bonds is 14. The highest BCUT2D eigenvalue weighted by molar-refractivity contribution is 8.01. The molecule has 20 heteroatoms. The van der Waals surface area contributed by atoms with E-state index in [4.69, 9.17) is 9.72 Å². The Morgan fingerprint density at radius 1 is 0.779 bits per heavy atom. The van der Waals surface area contributed by atoms with Gasteiger partial charge in [-0.15, -0.1) is 0 Å². The number of aryl methyl sites for hydroxylation is 2. The second kappa shape index (κ2) is 21.4. The number of piperazine rings is 1. The number of nitrogens with one attached hydrogen (secondary N) is 2. The zero-order valence-corrected chi connectivity index (χ0v) is 41.6. The SMILES string of the molecule is C=CC(=O)N1CCN(C(=O)c2cc(Sc3sc(NC(=O)C4CCC4)nc3/C=C/C(=O)N3CCCN(C(=O)c4cc(Sc5cnc(NC(=O)C6CC6)s5)c(F)cc4C)C[C@H]3C)c(C)cc2OC)CC1. The molecule has 1 atom stereocenters. The third-order valence-corrected chi connectivity index (χ3v) is 16.9. The summed E-state index contributed by atoms with van der Waals surface area (Å²) in [6, 6.07) is 6.17. The van der Waals surface area contributed by atoms with Gasteiger partial charge in [0.05, 0.1) is 33.0 Å². The van der Waals surface area contributed by atoms with Crippen LogP contribution in [0.25, 0.3) is 6.08 Å². The number of amides is 6. The standard InChI is InChI=1S/C48H53FN8O7S4/c1-6-39(58)54-17-19-55(20-18-54)45(63)33-24-37(28(3)22-36(33)64-5)66-46-35(51-48(68-46)53-42(60)30-9-7-10-30)13-14-40(59)57-16-8-15-56(26-29(57)4)44(62)32-23-38(34(49)21-27(32)2)65-41-25-50-47(67-41)52-43(61)31-11-12-31/h6,13-14,21-25,29-31H,1,7-12,15-20,26H2,2-5H3,(H,50,52,61)(H,51,53,60)/b14-13+/t29-/m1/s1. The summed E-state index contributed by atoms with van der Waals surface area (Å²) < 4.78 is 22.4. The van der Waals surface area contributed by atoms with E-state index in [-0.39, 0.29) is 64.8 Å². The Bertz CT molecular complexity index is 2670. The summed E-state index contributed by atoms with van der Waals surface area (Å²) >= 11 is 5.06. The van der Waals surface area contributed by atoms with E-state index in [1.807, 2.05) is 19.9 Å². The van der Waals surface area contributed by atoms with Crippen molar-refractivity contribution in [1.82, 2.24) is 29.6 Å². The van der Waals surface area contributed by atoms with Crippen LogP contribution in [0.15, 0.2) is 67.4 Å². The van der Waals surface area contributed by atoms with Crippen molar-refractivity contribution in [2.75, 3.05) is 63.6 Å². The van der Waals surface area contributed by atoms with E-state index in [0.29, 0.717) is 92.5 Å². The summed E-state index contributed by atoms with van der Waals surface area (Å²) in [4.78, 5) is 96.4. The average Bonchev–Trinajstić information content (AvgIpc) is 4.01. The first kappa shape index (κ1) is 48.9. The van der Waals surface area contributed by atoms with Crippen LogP contribution in [0.3, 0.4) is 0 Å². The van der Waals surface area contributed by atoms with Crippen molar-refractivity contribution in [2.45, 2.75) is 83.5 Å². The Labute approximate surface area is 411 Å². The van der Waals surface area contributed by atoms with Crippen LogP contribution in [0.2, 0.25) is 0 Å². The Morgan fingerprint density at radius 3 is 2.13 bits per heavy atom. The van der Waals surface area contributed by atoms with E-state index in [1.165, 1.54) is 59.8 Å². The van der Waals surface area contributed by atoms with Gasteiger partial charge >= 0.3 is 0 Å². The molecule has 0 bridgehead atoms. The summed E-state index contributed by atoms with van der Waals surface area (Å²) in [6.07, 6.45) is 10.9. The van der Waals surface area contributed by atoms with Crippen LogP contribution in [0.1, 0.15) is 83.0 Å². The molecule has 6 amide bonds. The third kappa shape index (κ3) is 11.3. The molecule has 0 unspecified atom stereocenters. The van der Waals surface area contributed by atoms with Crippen molar-refractivity contribution in [3.8, 4) is 5.75 Å². The number of carbonyl (C=O) groups is 6. The molecule has 2 aliphatic heterocycles. The normalized spacial score (nSPS) is 17.7. The molecule has 8 rings (SSSR count). The Hall–Kier alpha value is -5.57. The fourth-order valence-electron chi connectivity index (χ4n) is 8.14. The van der Waals surface area contributed by atoms with Crippen LogP contribution < -0.4 is 15.4 Å². The number of anilines is 2. The molecule has 2 saturated heterocycles. The molecule has 0 spiro atoms. The molecule has 2 aromatic heterocycles. The van der Waals surface area contributed by atoms with Gasteiger partial charge in [-0.25, -0.2) is 14.4 Å². The molecule has 15 nitrogen and oxygen atoms in total. The van der Waals surface area contributed by atoms with Gasteiger partial charge in [-0.1, -0.05) is 59.2 Å². The van der Waals surface area contributed by atoms with Crippen molar-refractivity contribution in [1.29, 1.82) is 0 Å². The molecule has 2 aliphatic carbocycles. The fourth-order valence-corrected chi connectivity index (χ4v) is 12.2. The number of halogens is 1. The highest BCUT2D eigenvalue weighted by atomic mass is 32.2. The van der Waals surface area contributed by atoms with Crippen LogP contribution in [0.5, 0.6) is 5.75 Å². The lowest BCUT2D eigenvalue weighted by Crippen LogP contribution is -2.50. The number of thiazole rings is 2. The lowest BCUT2D eigenvalue weighted by molar-refractivity contribution is -0.128. The lowest BCUT2D eigenvalue weighted by Gasteiger charge is -2.34. The predicted octanol–water partition coefficient (Wildman–Crippen LogP) is 8.00. The molecule has 358 valence electrons. The molecule has 2 aromatic carbocycles. The van der Waals surface area contributed by atoms with E-state index >= 15 is 4.39 Å². The monoisotopic (exact) mass is 1000 g/mol. The summed E-state index contributed by atoms with van der Waals surface area (Å²) in [5.41, 5.74) is 2.55. The molecular weight excluding hydrogens is 948 g/mol. The molecule has 4 heterocycles. The first-order chi connectivity index (χ1) is 32.7. The first-order valence-electron chi connectivity index (χ1n) is 22.6. The summed E-state index contributed by atoms with van der Waals surface area (Å²) in [6.45, 7) is 11.6. The maximum atomic E-state index is 15.3. The third-order valence-electron chi connectivity index (χ3n) is 12.5. The van der Waals surface area contributed by atoms with E-state index < -0.39 is 5.82 Å². The summed E-state index contributed by atoms with van der Waals surface area (Å²) in [5.74, 6) is -1.17. The van der Waals surface area contributed by atoms with E-state index in [1.54, 1.807) is 50.9 Å². The highest BCUT2D eigenvalue weighted by Crippen LogP contribution is 2.42. The molecule has 2 N–H and O–H groups in total. The first-order valence-corrected chi connectivity index (χ1v) is 25.9. The zero-order valence-electron chi connectivity index (χ0n) is 38.3. The van der Waals surface area contributed by atoms with Gasteiger partial charge in [0.15, 0.2) is 10.3 Å². The summed E-state index contributed by atoms with van der Waals surface area (Å²) in [7, 11) is 1.52. The molecule has 4 aliphatic rings. The van der Waals surface area contributed by atoms with Crippen LogP contribution >= 0.6 is 46.2 Å². The second-order valence-electron chi connectivity index (χ2n) is 17.3. The second-order valence-corrected chi connectivity index (χ2v) is 22.0. The minimum absolute atomic E-state index is 0.0259. The van der Waals surface area contributed by atoms with E-state index in [0.717, 1.165) is 54.3 Å². The number of hydrogen-bond acceptors (Lipinski definition) is 13. The number of ether oxygens (including phenoxy) is 1. The van der Waals surface area contributed by atoms with Crippen LogP contribution in [-0.2, 0) is 19.2 Å². The fraction of sp³-hybridized carbons (Fsp3) is 0.417. The maximum Gasteiger partial charge on any atom is 0.257 e. The van der Waals surface area contributed by atoms with Crippen molar-refractivity contribution < 1.29 is 37.9 Å². The number of hydrogen-bond donors (Lipinski definition) is 2. The lowest BCUT2D eigenvalue weighted by atomic mass is 9.85. The predicted molar refractivity (Wildman–Crippen MR) is 262 cm³/mol. The van der Waals surface area contributed by atoms with Crippen LogP contribution in [0, 0.1) is 31.5 Å². The Morgan fingerprint density at radius 2 is 1.46 bits per heavy atom. The quantitative estimate of drug-likeness (QED) is 0.117. The molecule has 68 heavy (non-hydrogen) atoms. The minimum atomic E-state index is -0.466. The number of aromatic nitrogens is 2. The Balaban J connectivity index is 0.965. The molecule has 0 radical (unpaired) electrons. The Kier molecular flexibility index (Phi) is 15.4.